The van der Waals surface area contributed by atoms with Gasteiger partial charge in [0.1, 0.15) is 10.9 Å². The number of thiazole rings is 1. The fourth-order valence-electron chi connectivity index (χ4n) is 2.62. The van der Waals surface area contributed by atoms with Crippen LogP contribution < -0.4 is 5.01 Å². The number of fused-ring (bicyclic) bond motifs is 1. The molecule has 0 bridgehead atoms. The quantitative estimate of drug-likeness (QED) is 0.723. The average Bonchev–Trinajstić information content (AvgIpc) is 3.08. The van der Waals surface area contributed by atoms with E-state index in [4.69, 9.17) is 0 Å². The number of rotatable bonds is 2. The van der Waals surface area contributed by atoms with Gasteiger partial charge in [-0.1, -0.05) is 30.3 Å². The van der Waals surface area contributed by atoms with Crippen LogP contribution in [0, 0.1) is 0 Å². The van der Waals surface area contributed by atoms with Gasteiger partial charge in [-0.3, -0.25) is 4.79 Å². The van der Waals surface area contributed by atoms with E-state index < -0.39 is 0 Å². The lowest BCUT2D eigenvalue weighted by molar-refractivity contribution is -0.118. The van der Waals surface area contributed by atoms with Crippen molar-refractivity contribution in [2.24, 2.45) is 5.10 Å². The summed E-state index contributed by atoms with van der Waals surface area (Å²) in [5, 5.41) is 6.72. The number of hydrogen-bond donors (Lipinski definition) is 0. The van der Waals surface area contributed by atoms with Gasteiger partial charge in [-0.05, 0) is 31.2 Å². The highest BCUT2D eigenvalue weighted by molar-refractivity contribution is 7.18. The van der Waals surface area contributed by atoms with E-state index in [9.17, 15) is 4.79 Å². The predicted molar refractivity (Wildman–Crippen MR) is 89.4 cm³/mol. The Bertz CT molecular complexity index is 852. The number of hydrogen-bond acceptors (Lipinski definition) is 4. The van der Waals surface area contributed by atoms with Crippen molar-refractivity contribution in [3.8, 4) is 0 Å². The van der Waals surface area contributed by atoms with E-state index in [1.807, 2.05) is 61.5 Å². The minimum Gasteiger partial charge on any atom is -0.271 e. The molecule has 0 fully saturated rings. The van der Waals surface area contributed by atoms with Crippen LogP contribution in [0.2, 0.25) is 0 Å². The number of benzene rings is 2. The molecule has 3 aromatic rings. The SMILES string of the molecule is CC1=NN(c2ccccc2)C(=O)[C@H]1c1nc2ccccc2s1. The number of para-hydroxylation sites is 2. The summed E-state index contributed by atoms with van der Waals surface area (Å²) in [6, 6.07) is 17.4. The van der Waals surface area contributed by atoms with E-state index in [2.05, 4.69) is 10.1 Å². The fourth-order valence-corrected chi connectivity index (χ4v) is 3.74. The monoisotopic (exact) mass is 307 g/mol. The van der Waals surface area contributed by atoms with Crippen LogP contribution >= 0.6 is 11.3 Å². The fraction of sp³-hybridized carbons (Fsp3) is 0.118. The Morgan fingerprint density at radius 3 is 2.55 bits per heavy atom. The highest BCUT2D eigenvalue weighted by Crippen LogP contribution is 2.34. The third-order valence-electron chi connectivity index (χ3n) is 3.69. The molecule has 1 aliphatic heterocycles. The van der Waals surface area contributed by atoms with Gasteiger partial charge in [-0.15, -0.1) is 11.3 Å². The zero-order chi connectivity index (χ0) is 15.1. The Morgan fingerprint density at radius 2 is 1.77 bits per heavy atom. The van der Waals surface area contributed by atoms with Crippen molar-refractivity contribution in [3.05, 3.63) is 59.6 Å². The second-order valence-electron chi connectivity index (χ2n) is 5.18. The first-order valence-electron chi connectivity index (χ1n) is 7.03. The largest absolute Gasteiger partial charge is 0.271 e. The summed E-state index contributed by atoms with van der Waals surface area (Å²) in [7, 11) is 0. The molecule has 1 amide bonds. The third kappa shape index (κ3) is 2.02. The lowest BCUT2D eigenvalue weighted by Crippen LogP contribution is -2.25. The van der Waals surface area contributed by atoms with Gasteiger partial charge >= 0.3 is 0 Å². The normalized spacial score (nSPS) is 18.0. The van der Waals surface area contributed by atoms with Crippen LogP contribution in [-0.2, 0) is 4.79 Å². The molecule has 5 heteroatoms. The summed E-state index contributed by atoms with van der Waals surface area (Å²) in [5.41, 5.74) is 2.50. The van der Waals surface area contributed by atoms with Crippen molar-refractivity contribution in [2.75, 3.05) is 5.01 Å². The van der Waals surface area contributed by atoms with Gasteiger partial charge < -0.3 is 0 Å². The molecule has 2 heterocycles. The maximum Gasteiger partial charge on any atom is 0.263 e. The maximum atomic E-state index is 12.8. The highest BCUT2D eigenvalue weighted by Gasteiger charge is 2.37. The molecule has 0 unspecified atom stereocenters. The van der Waals surface area contributed by atoms with Crippen molar-refractivity contribution >= 4 is 38.9 Å². The minimum atomic E-state index is -0.377. The molecule has 22 heavy (non-hydrogen) atoms. The van der Waals surface area contributed by atoms with Crippen LogP contribution in [0.25, 0.3) is 10.2 Å². The Balaban J connectivity index is 1.74. The summed E-state index contributed by atoms with van der Waals surface area (Å²) in [6.07, 6.45) is 0. The van der Waals surface area contributed by atoms with Gasteiger partial charge in [-0.25, -0.2) is 4.98 Å². The molecule has 1 atom stereocenters. The smallest absolute Gasteiger partial charge is 0.263 e. The molecule has 4 nitrogen and oxygen atoms in total. The molecule has 0 spiro atoms. The second-order valence-corrected chi connectivity index (χ2v) is 6.24. The standard InChI is InChI=1S/C17H13N3OS/c1-11-15(16-18-13-9-5-6-10-14(13)22-16)17(21)20(19-11)12-7-3-2-4-8-12/h2-10,15H,1H3/t15-/m1/s1. The zero-order valence-electron chi connectivity index (χ0n) is 11.9. The Labute approximate surface area is 131 Å². The topological polar surface area (TPSA) is 45.6 Å². The van der Waals surface area contributed by atoms with Crippen molar-refractivity contribution in [1.29, 1.82) is 0 Å². The zero-order valence-corrected chi connectivity index (χ0v) is 12.7. The molecule has 108 valence electrons. The van der Waals surface area contributed by atoms with Gasteiger partial charge in [0.25, 0.3) is 5.91 Å². The van der Waals surface area contributed by atoms with E-state index in [1.54, 1.807) is 11.3 Å². The summed E-state index contributed by atoms with van der Waals surface area (Å²) < 4.78 is 1.09. The molecule has 2 aromatic carbocycles. The Kier molecular flexibility index (Phi) is 3.01. The van der Waals surface area contributed by atoms with Crippen LogP contribution in [0.3, 0.4) is 0 Å². The van der Waals surface area contributed by atoms with E-state index in [0.717, 1.165) is 26.6 Å². The summed E-state index contributed by atoms with van der Waals surface area (Å²) >= 11 is 1.56. The number of hydrazone groups is 1. The van der Waals surface area contributed by atoms with Crippen LogP contribution in [0.5, 0.6) is 0 Å². The van der Waals surface area contributed by atoms with Gasteiger partial charge in [0.05, 0.1) is 21.6 Å². The van der Waals surface area contributed by atoms with Crippen LogP contribution in [0.15, 0.2) is 59.7 Å². The number of carbonyl (C=O) groups is 1. The van der Waals surface area contributed by atoms with Gasteiger partial charge in [0.2, 0.25) is 0 Å². The van der Waals surface area contributed by atoms with Gasteiger partial charge in [0.15, 0.2) is 0 Å². The van der Waals surface area contributed by atoms with Crippen molar-refractivity contribution in [2.45, 2.75) is 12.8 Å². The van der Waals surface area contributed by atoms with E-state index >= 15 is 0 Å². The second kappa shape index (κ2) is 5.03. The van der Waals surface area contributed by atoms with Gasteiger partial charge in [0, 0.05) is 0 Å². The summed E-state index contributed by atoms with van der Waals surface area (Å²) in [4.78, 5) is 17.4. The number of aromatic nitrogens is 1. The van der Waals surface area contributed by atoms with Crippen molar-refractivity contribution in [1.82, 2.24) is 4.98 Å². The summed E-state index contributed by atoms with van der Waals surface area (Å²) in [5.74, 6) is -0.416. The average molecular weight is 307 g/mol. The first kappa shape index (κ1) is 13.2. The lowest BCUT2D eigenvalue weighted by Gasteiger charge is -2.12. The van der Waals surface area contributed by atoms with Gasteiger partial charge in [-0.2, -0.15) is 10.1 Å². The molecule has 4 rings (SSSR count). The van der Waals surface area contributed by atoms with E-state index in [1.165, 1.54) is 5.01 Å². The summed E-state index contributed by atoms with van der Waals surface area (Å²) in [6.45, 7) is 1.89. The first-order chi connectivity index (χ1) is 10.7. The number of carbonyl (C=O) groups excluding carboxylic acids is 1. The highest BCUT2D eigenvalue weighted by atomic mass is 32.1. The number of nitrogens with zero attached hydrogens (tertiary/aromatic N) is 3. The van der Waals surface area contributed by atoms with Crippen molar-refractivity contribution < 1.29 is 4.79 Å². The van der Waals surface area contributed by atoms with E-state index in [0.29, 0.717) is 0 Å². The molecular weight excluding hydrogens is 294 g/mol. The molecule has 1 aliphatic rings. The Hall–Kier alpha value is -2.53. The van der Waals surface area contributed by atoms with Crippen LogP contribution in [-0.4, -0.2) is 16.6 Å². The maximum absolute atomic E-state index is 12.8. The minimum absolute atomic E-state index is 0.0391. The van der Waals surface area contributed by atoms with Crippen molar-refractivity contribution in [3.63, 3.8) is 0 Å². The molecule has 1 aromatic heterocycles. The molecule has 0 N–H and O–H groups in total. The lowest BCUT2D eigenvalue weighted by atomic mass is 10.1. The molecule has 0 aliphatic carbocycles. The molecule has 0 radical (unpaired) electrons. The molecular formula is C17H13N3OS. The first-order valence-corrected chi connectivity index (χ1v) is 7.85. The molecule has 0 saturated heterocycles. The van der Waals surface area contributed by atoms with Crippen LogP contribution in [0.4, 0.5) is 5.69 Å². The predicted octanol–water partition coefficient (Wildman–Crippen LogP) is 3.80. The van der Waals surface area contributed by atoms with E-state index in [-0.39, 0.29) is 11.8 Å². The third-order valence-corrected chi connectivity index (χ3v) is 4.79. The molecule has 0 saturated carbocycles. The number of amides is 1. The van der Waals surface area contributed by atoms with Crippen LogP contribution in [0.1, 0.15) is 17.8 Å². The Morgan fingerprint density at radius 1 is 1.05 bits per heavy atom. The number of anilines is 1.